The first-order valence-corrected chi connectivity index (χ1v) is 11.2. The first kappa shape index (κ1) is 24.4. The molecule has 0 saturated carbocycles. The molecule has 1 aliphatic heterocycles. The van der Waals surface area contributed by atoms with Gasteiger partial charge < -0.3 is 10.1 Å². The number of likely N-dealkylation sites (tertiary alicyclic amines) is 1. The van der Waals surface area contributed by atoms with Crippen molar-refractivity contribution in [3.8, 4) is 0 Å². The molecule has 4 atom stereocenters. The van der Waals surface area contributed by atoms with Crippen LogP contribution >= 0.6 is 0 Å². The number of benzene rings is 1. The lowest BCUT2D eigenvalue weighted by molar-refractivity contribution is -0.161. The van der Waals surface area contributed by atoms with Crippen LogP contribution in [0.2, 0.25) is 0 Å². The molecule has 8 nitrogen and oxygen atoms in total. The fraction of sp³-hybridized carbons (Fsp3) is 0.480. The second kappa shape index (κ2) is 10.1. The fourth-order valence-electron chi connectivity index (χ4n) is 4.35. The molecule has 3 rings (SSSR count). The van der Waals surface area contributed by atoms with E-state index in [4.69, 9.17) is 4.74 Å². The van der Waals surface area contributed by atoms with Crippen molar-refractivity contribution >= 4 is 35.2 Å². The molecule has 176 valence electrons. The number of ether oxygens (including phenoxy) is 1. The van der Waals surface area contributed by atoms with Crippen LogP contribution in [0.15, 0.2) is 36.4 Å². The van der Waals surface area contributed by atoms with Crippen LogP contribution in [0, 0.1) is 17.8 Å². The predicted octanol–water partition coefficient (Wildman–Crippen LogP) is 3.13. The molecule has 1 aliphatic carbocycles. The molecule has 33 heavy (non-hydrogen) atoms. The van der Waals surface area contributed by atoms with Crippen molar-refractivity contribution in [3.63, 3.8) is 0 Å². The van der Waals surface area contributed by atoms with Gasteiger partial charge in [-0.15, -0.1) is 0 Å². The number of esters is 1. The number of anilines is 1. The van der Waals surface area contributed by atoms with Crippen molar-refractivity contribution in [2.45, 2.75) is 59.1 Å². The Labute approximate surface area is 193 Å². The summed E-state index contributed by atoms with van der Waals surface area (Å²) in [5.74, 6) is -2.94. The molecule has 1 N–H and O–H groups in total. The Balaban J connectivity index is 1.73. The molecule has 1 aromatic carbocycles. The third kappa shape index (κ3) is 5.38. The molecule has 1 saturated heterocycles. The maximum absolute atomic E-state index is 13.1. The molecule has 1 heterocycles. The fourth-order valence-corrected chi connectivity index (χ4v) is 4.35. The summed E-state index contributed by atoms with van der Waals surface area (Å²) in [5.41, 5.74) is 0.859. The molecule has 0 spiro atoms. The summed E-state index contributed by atoms with van der Waals surface area (Å²) in [6, 6.07) is 5.18. The summed E-state index contributed by atoms with van der Waals surface area (Å²) < 4.78 is 5.47. The molecule has 0 radical (unpaired) electrons. The second-order valence-electron chi connectivity index (χ2n) is 9.05. The van der Waals surface area contributed by atoms with E-state index in [1.54, 1.807) is 12.1 Å². The lowest BCUT2D eigenvalue weighted by atomic mass is 9.85. The molecular formula is C25H30N2O6. The van der Waals surface area contributed by atoms with E-state index < -0.39 is 35.7 Å². The van der Waals surface area contributed by atoms with Gasteiger partial charge in [-0.2, -0.15) is 0 Å². The van der Waals surface area contributed by atoms with E-state index in [0.717, 1.165) is 4.90 Å². The minimum atomic E-state index is -1.10. The molecule has 3 amide bonds. The van der Waals surface area contributed by atoms with Gasteiger partial charge in [0.15, 0.2) is 6.10 Å². The second-order valence-corrected chi connectivity index (χ2v) is 9.05. The van der Waals surface area contributed by atoms with Gasteiger partial charge >= 0.3 is 5.97 Å². The van der Waals surface area contributed by atoms with Crippen molar-refractivity contribution in [1.82, 2.24) is 4.90 Å². The normalized spacial score (nSPS) is 21.5. The highest BCUT2D eigenvalue weighted by molar-refractivity contribution is 6.08. The van der Waals surface area contributed by atoms with Crippen molar-refractivity contribution in [2.75, 3.05) is 5.32 Å². The van der Waals surface area contributed by atoms with Crippen molar-refractivity contribution in [2.24, 2.45) is 17.8 Å². The van der Waals surface area contributed by atoms with Gasteiger partial charge in [0.1, 0.15) is 6.04 Å². The van der Waals surface area contributed by atoms with Gasteiger partial charge in [-0.25, -0.2) is 4.79 Å². The zero-order valence-electron chi connectivity index (χ0n) is 19.4. The quantitative estimate of drug-likeness (QED) is 0.280. The maximum atomic E-state index is 13.1. The predicted molar refractivity (Wildman–Crippen MR) is 121 cm³/mol. The van der Waals surface area contributed by atoms with Gasteiger partial charge in [-0.3, -0.25) is 24.1 Å². The topological polar surface area (TPSA) is 110 Å². The monoisotopic (exact) mass is 454 g/mol. The van der Waals surface area contributed by atoms with Gasteiger partial charge in [0.2, 0.25) is 23.5 Å². The minimum absolute atomic E-state index is 0.0243. The molecule has 2 aliphatic rings. The summed E-state index contributed by atoms with van der Waals surface area (Å²) >= 11 is 0. The number of fused-ring (bicyclic) bond motifs is 1. The SMILES string of the molecule is CC(=O)Nc1ccc(C(=O)[C@H](C)OC(=O)[C@H](CC(C)C)N2C(=O)[C@H]3CC=CC[C@H]3C2=O)cc1. The summed E-state index contributed by atoms with van der Waals surface area (Å²) in [6.45, 7) is 6.64. The number of rotatable bonds is 8. The third-order valence-corrected chi connectivity index (χ3v) is 5.97. The number of nitrogens with zero attached hydrogens (tertiary/aromatic N) is 1. The highest BCUT2D eigenvalue weighted by Crippen LogP contribution is 2.37. The van der Waals surface area contributed by atoms with Gasteiger partial charge in [0.25, 0.3) is 0 Å². The first-order chi connectivity index (χ1) is 15.6. The number of carbonyl (C=O) groups excluding carboxylic acids is 5. The Morgan fingerprint density at radius 3 is 2.03 bits per heavy atom. The van der Waals surface area contributed by atoms with Gasteiger partial charge in [0, 0.05) is 18.2 Å². The van der Waals surface area contributed by atoms with Crippen LogP contribution in [-0.4, -0.2) is 46.5 Å². The Morgan fingerprint density at radius 1 is 1.00 bits per heavy atom. The van der Waals surface area contributed by atoms with E-state index in [1.807, 2.05) is 26.0 Å². The number of ketones is 1. The Hall–Kier alpha value is -3.29. The Bertz CT molecular complexity index is 955. The van der Waals surface area contributed by atoms with E-state index in [1.165, 1.54) is 26.0 Å². The average Bonchev–Trinajstić information content (AvgIpc) is 3.02. The number of hydrogen-bond donors (Lipinski definition) is 1. The largest absolute Gasteiger partial charge is 0.453 e. The third-order valence-electron chi connectivity index (χ3n) is 5.97. The minimum Gasteiger partial charge on any atom is -0.453 e. The van der Waals surface area contributed by atoms with E-state index in [-0.39, 0.29) is 30.1 Å². The zero-order valence-corrected chi connectivity index (χ0v) is 19.4. The lowest BCUT2D eigenvalue weighted by Gasteiger charge is -2.27. The number of Topliss-reactive ketones (excluding diaryl/α,β-unsaturated/α-hetero) is 1. The van der Waals surface area contributed by atoms with Crippen molar-refractivity contribution < 1.29 is 28.7 Å². The number of carbonyl (C=O) groups is 5. The van der Waals surface area contributed by atoms with Crippen LogP contribution < -0.4 is 5.32 Å². The smallest absolute Gasteiger partial charge is 0.330 e. The van der Waals surface area contributed by atoms with Gasteiger partial charge in [-0.1, -0.05) is 26.0 Å². The standard InChI is InChI=1S/C25H30N2O6/c1-14(2)13-21(27-23(30)19-7-5-6-8-20(19)24(27)31)25(32)33-15(3)22(29)17-9-11-18(12-10-17)26-16(4)28/h5-6,9-12,14-15,19-21H,7-8,13H2,1-4H3,(H,26,28)/t15-,19-,20+,21-/m0/s1. The summed E-state index contributed by atoms with van der Waals surface area (Å²) in [6.07, 6.45) is 3.91. The van der Waals surface area contributed by atoms with E-state index >= 15 is 0 Å². The molecule has 0 unspecified atom stereocenters. The van der Waals surface area contributed by atoms with E-state index in [0.29, 0.717) is 24.1 Å². The van der Waals surface area contributed by atoms with Gasteiger partial charge in [0.05, 0.1) is 11.8 Å². The van der Waals surface area contributed by atoms with Crippen LogP contribution in [0.1, 0.15) is 57.3 Å². The van der Waals surface area contributed by atoms with E-state index in [9.17, 15) is 24.0 Å². The maximum Gasteiger partial charge on any atom is 0.330 e. The molecule has 0 bridgehead atoms. The van der Waals surface area contributed by atoms with Crippen LogP contribution in [0.5, 0.6) is 0 Å². The van der Waals surface area contributed by atoms with Crippen LogP contribution in [0.4, 0.5) is 5.69 Å². The summed E-state index contributed by atoms with van der Waals surface area (Å²) in [4.78, 5) is 64.1. The Morgan fingerprint density at radius 2 is 1.55 bits per heavy atom. The van der Waals surface area contributed by atoms with Crippen LogP contribution in [0.25, 0.3) is 0 Å². The highest BCUT2D eigenvalue weighted by Gasteiger charge is 2.51. The van der Waals surface area contributed by atoms with Gasteiger partial charge in [-0.05, 0) is 56.4 Å². The molecular weight excluding hydrogens is 424 g/mol. The zero-order chi connectivity index (χ0) is 24.3. The van der Waals surface area contributed by atoms with Crippen LogP contribution in [-0.2, 0) is 23.9 Å². The number of nitrogens with one attached hydrogen (secondary N) is 1. The number of imide groups is 1. The lowest BCUT2D eigenvalue weighted by Crippen LogP contribution is -2.48. The van der Waals surface area contributed by atoms with Crippen LogP contribution in [0.3, 0.4) is 0 Å². The first-order valence-electron chi connectivity index (χ1n) is 11.2. The van der Waals surface area contributed by atoms with Crippen molar-refractivity contribution in [3.05, 3.63) is 42.0 Å². The Kier molecular flexibility index (Phi) is 7.46. The summed E-state index contributed by atoms with van der Waals surface area (Å²) in [7, 11) is 0. The van der Waals surface area contributed by atoms with E-state index in [2.05, 4.69) is 5.32 Å². The molecule has 1 fully saturated rings. The average molecular weight is 455 g/mol. The molecule has 0 aromatic heterocycles. The highest BCUT2D eigenvalue weighted by atomic mass is 16.5. The van der Waals surface area contributed by atoms with Crippen molar-refractivity contribution in [1.29, 1.82) is 0 Å². The number of amides is 3. The summed E-state index contributed by atoms with van der Waals surface area (Å²) in [5, 5.41) is 2.62. The number of hydrogen-bond acceptors (Lipinski definition) is 6. The molecule has 8 heteroatoms. The number of allylic oxidation sites excluding steroid dienone is 2. The molecule has 1 aromatic rings.